The normalized spacial score (nSPS) is 9.62. The van der Waals surface area contributed by atoms with Crippen LogP contribution in [0.1, 0.15) is 22.8 Å². The molecule has 0 amide bonds. The first-order valence-electron chi connectivity index (χ1n) is 4.01. The minimum Gasteiger partial charge on any atom is -0.507 e. The van der Waals surface area contributed by atoms with Crippen molar-refractivity contribution < 1.29 is 9.90 Å². The minimum atomic E-state index is -0.142. The molecule has 1 aromatic rings. The molecule has 67 valence electrons. The predicted molar refractivity (Wildman–Crippen MR) is 50.8 cm³/mol. The SMILES string of the molecule is C=CCc1[c]ccc(C(C)=O)c1O. The largest absolute Gasteiger partial charge is 0.507 e. The number of hydrogen-bond acceptors (Lipinski definition) is 2. The lowest BCUT2D eigenvalue weighted by molar-refractivity contribution is 0.101. The van der Waals surface area contributed by atoms with E-state index in [4.69, 9.17) is 0 Å². The van der Waals surface area contributed by atoms with Crippen molar-refractivity contribution >= 4 is 5.78 Å². The molecule has 0 heterocycles. The van der Waals surface area contributed by atoms with Crippen LogP contribution in [0.25, 0.3) is 0 Å². The van der Waals surface area contributed by atoms with Crippen LogP contribution in [0.15, 0.2) is 24.8 Å². The van der Waals surface area contributed by atoms with Crippen LogP contribution < -0.4 is 0 Å². The molecule has 0 aliphatic rings. The van der Waals surface area contributed by atoms with Gasteiger partial charge in [-0.05, 0) is 25.5 Å². The molecule has 1 radical (unpaired) electrons. The van der Waals surface area contributed by atoms with Crippen LogP contribution in [0.2, 0.25) is 0 Å². The van der Waals surface area contributed by atoms with E-state index < -0.39 is 0 Å². The first kappa shape index (κ1) is 9.52. The Bertz CT molecular complexity index is 340. The Labute approximate surface area is 77.5 Å². The van der Waals surface area contributed by atoms with Crippen molar-refractivity contribution in [2.75, 3.05) is 0 Å². The summed E-state index contributed by atoms with van der Waals surface area (Å²) in [5.41, 5.74) is 0.957. The molecular weight excluding hydrogens is 164 g/mol. The summed E-state index contributed by atoms with van der Waals surface area (Å²) >= 11 is 0. The fraction of sp³-hybridized carbons (Fsp3) is 0.182. The summed E-state index contributed by atoms with van der Waals surface area (Å²) in [5.74, 6) is -0.119. The van der Waals surface area contributed by atoms with Gasteiger partial charge in [-0.25, -0.2) is 0 Å². The average molecular weight is 175 g/mol. The summed E-state index contributed by atoms with van der Waals surface area (Å²) in [6.07, 6.45) is 2.18. The molecule has 13 heavy (non-hydrogen) atoms. The fourth-order valence-corrected chi connectivity index (χ4v) is 1.12. The third-order valence-corrected chi connectivity index (χ3v) is 1.78. The highest BCUT2D eigenvalue weighted by atomic mass is 16.3. The third kappa shape index (κ3) is 1.96. The lowest BCUT2D eigenvalue weighted by Gasteiger charge is -2.04. The number of phenols is 1. The molecule has 0 bridgehead atoms. The Morgan fingerprint density at radius 3 is 3.00 bits per heavy atom. The monoisotopic (exact) mass is 175 g/mol. The van der Waals surface area contributed by atoms with Gasteiger partial charge in [0, 0.05) is 5.56 Å². The summed E-state index contributed by atoms with van der Waals surface area (Å²) in [4.78, 5) is 11.0. The Morgan fingerprint density at radius 1 is 1.77 bits per heavy atom. The van der Waals surface area contributed by atoms with Crippen molar-refractivity contribution in [1.29, 1.82) is 0 Å². The van der Waals surface area contributed by atoms with E-state index in [1.165, 1.54) is 6.92 Å². The second-order valence-electron chi connectivity index (χ2n) is 2.77. The molecule has 0 atom stereocenters. The fourth-order valence-electron chi connectivity index (χ4n) is 1.12. The van der Waals surface area contributed by atoms with Crippen LogP contribution in [-0.2, 0) is 6.42 Å². The minimum absolute atomic E-state index is 0.0231. The standard InChI is InChI=1S/C11H11O2/c1-3-5-9-6-4-7-10(8(2)12)11(9)13/h3-4,7,13H,1,5H2,2H3. The number of carbonyl (C=O) groups is 1. The maximum absolute atomic E-state index is 11.0. The lowest BCUT2D eigenvalue weighted by Crippen LogP contribution is -1.95. The summed E-state index contributed by atoms with van der Waals surface area (Å²) in [7, 11) is 0. The number of phenolic OH excluding ortho intramolecular Hbond substituents is 1. The molecular formula is C11H11O2. The molecule has 0 aliphatic heterocycles. The number of hydrogen-bond donors (Lipinski definition) is 1. The molecule has 1 N–H and O–H groups in total. The summed E-state index contributed by atoms with van der Waals surface area (Å²) in [6.45, 7) is 4.98. The number of rotatable bonds is 3. The molecule has 0 aromatic heterocycles. The molecule has 2 nitrogen and oxygen atoms in total. The van der Waals surface area contributed by atoms with Crippen LogP contribution >= 0.6 is 0 Å². The molecule has 0 saturated carbocycles. The van der Waals surface area contributed by atoms with Gasteiger partial charge in [0.1, 0.15) is 5.75 Å². The molecule has 1 aromatic carbocycles. The maximum atomic E-state index is 11.0. The summed E-state index contributed by atoms with van der Waals surface area (Å²) in [5, 5.41) is 9.59. The van der Waals surface area contributed by atoms with Gasteiger partial charge in [-0.15, -0.1) is 6.58 Å². The van der Waals surface area contributed by atoms with Crippen molar-refractivity contribution in [3.8, 4) is 5.75 Å². The lowest BCUT2D eigenvalue weighted by atomic mass is 10.0. The first-order valence-corrected chi connectivity index (χ1v) is 4.01. The van der Waals surface area contributed by atoms with E-state index >= 15 is 0 Å². The van der Waals surface area contributed by atoms with Gasteiger partial charge in [0.2, 0.25) is 0 Å². The molecule has 0 fully saturated rings. The van der Waals surface area contributed by atoms with Crippen LogP contribution in [0.4, 0.5) is 0 Å². The second-order valence-corrected chi connectivity index (χ2v) is 2.77. The van der Waals surface area contributed by atoms with Crippen LogP contribution in [0.3, 0.4) is 0 Å². The predicted octanol–water partition coefficient (Wildman–Crippen LogP) is 2.12. The van der Waals surface area contributed by atoms with Gasteiger partial charge in [0.25, 0.3) is 0 Å². The number of benzene rings is 1. The highest BCUT2D eigenvalue weighted by Gasteiger charge is 2.08. The van der Waals surface area contributed by atoms with E-state index in [-0.39, 0.29) is 11.5 Å². The number of ketones is 1. The van der Waals surface area contributed by atoms with E-state index in [1.807, 2.05) is 0 Å². The quantitative estimate of drug-likeness (QED) is 0.564. The number of aromatic hydroxyl groups is 1. The summed E-state index contributed by atoms with van der Waals surface area (Å²) < 4.78 is 0. The summed E-state index contributed by atoms with van der Waals surface area (Å²) in [6, 6.07) is 6.05. The average Bonchev–Trinajstić information content (AvgIpc) is 2.08. The van der Waals surface area contributed by atoms with Crippen LogP contribution in [-0.4, -0.2) is 10.9 Å². The van der Waals surface area contributed by atoms with Crippen molar-refractivity contribution in [3.63, 3.8) is 0 Å². The Hall–Kier alpha value is -1.57. The van der Waals surface area contributed by atoms with Crippen LogP contribution in [0.5, 0.6) is 5.75 Å². The smallest absolute Gasteiger partial charge is 0.163 e. The van der Waals surface area contributed by atoms with E-state index in [0.29, 0.717) is 17.5 Å². The molecule has 0 saturated heterocycles. The van der Waals surface area contributed by atoms with Crippen molar-refractivity contribution in [2.24, 2.45) is 0 Å². The van der Waals surface area contributed by atoms with Gasteiger partial charge in [-0.2, -0.15) is 0 Å². The maximum Gasteiger partial charge on any atom is 0.163 e. The molecule has 2 heteroatoms. The molecule has 0 aliphatic carbocycles. The van der Waals surface area contributed by atoms with E-state index in [0.717, 1.165) is 0 Å². The van der Waals surface area contributed by atoms with Gasteiger partial charge < -0.3 is 5.11 Å². The zero-order valence-corrected chi connectivity index (χ0v) is 7.50. The Morgan fingerprint density at radius 2 is 2.46 bits per heavy atom. The number of allylic oxidation sites excluding steroid dienone is 1. The van der Waals surface area contributed by atoms with Gasteiger partial charge in [-0.1, -0.05) is 12.1 Å². The first-order chi connectivity index (χ1) is 6.16. The zero-order valence-electron chi connectivity index (χ0n) is 7.50. The molecule has 1 rings (SSSR count). The van der Waals surface area contributed by atoms with E-state index in [2.05, 4.69) is 12.6 Å². The highest BCUT2D eigenvalue weighted by Crippen LogP contribution is 2.22. The van der Waals surface area contributed by atoms with Gasteiger partial charge in [-0.3, -0.25) is 4.79 Å². The number of Topliss-reactive ketones (excluding diaryl/α,β-unsaturated/α-hetero) is 1. The second kappa shape index (κ2) is 3.90. The third-order valence-electron chi connectivity index (χ3n) is 1.78. The Balaban J connectivity index is 3.17. The van der Waals surface area contributed by atoms with Crippen molar-refractivity contribution in [3.05, 3.63) is 42.0 Å². The van der Waals surface area contributed by atoms with Gasteiger partial charge >= 0.3 is 0 Å². The van der Waals surface area contributed by atoms with Gasteiger partial charge in [0.05, 0.1) is 5.56 Å². The van der Waals surface area contributed by atoms with E-state index in [9.17, 15) is 9.90 Å². The van der Waals surface area contributed by atoms with Crippen molar-refractivity contribution in [2.45, 2.75) is 13.3 Å². The van der Waals surface area contributed by atoms with Crippen LogP contribution in [0, 0.1) is 6.07 Å². The zero-order chi connectivity index (χ0) is 9.84. The van der Waals surface area contributed by atoms with E-state index in [1.54, 1.807) is 18.2 Å². The number of carbonyl (C=O) groups excluding carboxylic acids is 1. The molecule has 0 spiro atoms. The van der Waals surface area contributed by atoms with Crippen molar-refractivity contribution in [1.82, 2.24) is 0 Å². The Kier molecular flexibility index (Phi) is 2.85. The topological polar surface area (TPSA) is 37.3 Å². The van der Waals surface area contributed by atoms with Gasteiger partial charge in [0.15, 0.2) is 5.78 Å². The highest BCUT2D eigenvalue weighted by molar-refractivity contribution is 5.97. The molecule has 0 unspecified atom stereocenters.